The lowest BCUT2D eigenvalue weighted by atomic mass is 9.96. The highest BCUT2D eigenvalue weighted by molar-refractivity contribution is 7.83. The molecule has 16 heteroatoms. The number of hydrogen-bond acceptors (Lipinski definition) is 12. The Labute approximate surface area is 200 Å². The third-order valence-electron chi connectivity index (χ3n) is 5.07. The molecular formula is C18H28ClN6O8P. The lowest BCUT2D eigenvalue weighted by Gasteiger charge is -2.27. The number of carbonyl (C=O) groups is 1. The molecule has 3 rings (SSSR count). The summed E-state index contributed by atoms with van der Waals surface area (Å²) in [5.74, 6) is -0.634. The fourth-order valence-electron chi connectivity index (χ4n) is 3.42. The second-order valence-electron chi connectivity index (χ2n) is 8.22. The van der Waals surface area contributed by atoms with Crippen LogP contribution in [-0.2, 0) is 23.4 Å². The highest BCUT2D eigenvalue weighted by Crippen LogP contribution is 2.50. The van der Waals surface area contributed by atoms with E-state index in [4.69, 9.17) is 35.7 Å². The maximum atomic E-state index is 12.6. The van der Waals surface area contributed by atoms with Crippen LogP contribution in [-0.4, -0.2) is 79.4 Å². The first kappa shape index (κ1) is 26.5. The largest absolute Gasteiger partial charge is 0.479 e. The SMILES string of the molecule is COc1nc(N)nc2c1ncn2C1OC(COP(=O)(Cl)N[C@@H](C)C(=O)OC(C)C)[C@@H](O)[C@@]1(C)O. The van der Waals surface area contributed by atoms with E-state index in [2.05, 4.69) is 20.0 Å². The fourth-order valence-corrected chi connectivity index (χ4v) is 5.01. The van der Waals surface area contributed by atoms with Crippen LogP contribution in [0.3, 0.4) is 0 Å². The average Bonchev–Trinajstić information content (AvgIpc) is 3.23. The zero-order chi connectivity index (χ0) is 25.4. The summed E-state index contributed by atoms with van der Waals surface area (Å²) in [7, 11) is 1.39. The van der Waals surface area contributed by atoms with Gasteiger partial charge in [-0.25, -0.2) is 10.1 Å². The third kappa shape index (κ3) is 5.43. The molecule has 34 heavy (non-hydrogen) atoms. The van der Waals surface area contributed by atoms with Gasteiger partial charge in [0.05, 0.1) is 26.1 Å². The number of carbonyl (C=O) groups excluding carboxylic acids is 1. The number of methoxy groups -OCH3 is 1. The van der Waals surface area contributed by atoms with Crippen molar-refractivity contribution in [3.8, 4) is 5.88 Å². The molecule has 14 nitrogen and oxygen atoms in total. The number of halogens is 1. The van der Waals surface area contributed by atoms with Crippen molar-refractivity contribution in [3.05, 3.63) is 6.33 Å². The zero-order valence-corrected chi connectivity index (χ0v) is 20.9. The number of aromatic nitrogens is 4. The summed E-state index contributed by atoms with van der Waals surface area (Å²) in [6, 6.07) is -1.02. The molecule has 5 N–H and O–H groups in total. The highest BCUT2D eigenvalue weighted by Gasteiger charge is 2.54. The highest BCUT2D eigenvalue weighted by atomic mass is 35.7. The molecule has 1 aliphatic rings. The predicted molar refractivity (Wildman–Crippen MR) is 120 cm³/mol. The minimum Gasteiger partial charge on any atom is -0.479 e. The number of imidazole rings is 1. The van der Waals surface area contributed by atoms with Gasteiger partial charge in [0.15, 0.2) is 17.4 Å². The van der Waals surface area contributed by atoms with Crippen LogP contribution in [0, 0.1) is 0 Å². The smallest absolute Gasteiger partial charge is 0.361 e. The molecule has 0 aliphatic carbocycles. The Kier molecular flexibility index (Phi) is 7.73. The van der Waals surface area contributed by atoms with Crippen molar-refractivity contribution in [2.45, 2.75) is 63.9 Å². The Balaban J connectivity index is 1.74. The van der Waals surface area contributed by atoms with Gasteiger partial charge in [0.2, 0.25) is 11.8 Å². The van der Waals surface area contributed by atoms with Crippen LogP contribution in [0.5, 0.6) is 5.88 Å². The van der Waals surface area contributed by atoms with Crippen LogP contribution >= 0.6 is 18.1 Å². The molecule has 1 fully saturated rings. The van der Waals surface area contributed by atoms with E-state index < -0.39 is 49.5 Å². The van der Waals surface area contributed by atoms with Gasteiger partial charge in [-0.3, -0.25) is 13.9 Å². The lowest BCUT2D eigenvalue weighted by Crippen LogP contribution is -2.44. The molecule has 190 valence electrons. The van der Waals surface area contributed by atoms with E-state index in [0.717, 1.165) is 0 Å². The number of hydrogen-bond donors (Lipinski definition) is 4. The van der Waals surface area contributed by atoms with Gasteiger partial charge in [0.25, 0.3) is 0 Å². The van der Waals surface area contributed by atoms with Gasteiger partial charge < -0.3 is 34.7 Å². The summed E-state index contributed by atoms with van der Waals surface area (Å²) >= 11 is 5.93. The van der Waals surface area contributed by atoms with Crippen molar-refractivity contribution >= 4 is 41.2 Å². The molecule has 3 unspecified atom stereocenters. The summed E-state index contributed by atoms with van der Waals surface area (Å²) in [6.07, 6.45) is -2.84. The molecule has 0 amide bonds. The zero-order valence-electron chi connectivity index (χ0n) is 19.2. The first-order chi connectivity index (χ1) is 15.8. The molecular weight excluding hydrogens is 495 g/mol. The van der Waals surface area contributed by atoms with Crippen LogP contribution in [0.2, 0.25) is 0 Å². The Bertz CT molecular complexity index is 1100. The number of nitrogens with one attached hydrogen (secondary N) is 1. The van der Waals surface area contributed by atoms with Crippen LogP contribution in [0.15, 0.2) is 6.33 Å². The topological polar surface area (TPSA) is 193 Å². The first-order valence-electron chi connectivity index (χ1n) is 10.3. The van der Waals surface area contributed by atoms with E-state index in [0.29, 0.717) is 0 Å². The van der Waals surface area contributed by atoms with Crippen molar-refractivity contribution in [2.75, 3.05) is 19.5 Å². The van der Waals surface area contributed by atoms with E-state index >= 15 is 0 Å². The van der Waals surface area contributed by atoms with Gasteiger partial charge in [-0.15, -0.1) is 0 Å². The predicted octanol–water partition coefficient (Wildman–Crippen LogP) is 0.720. The van der Waals surface area contributed by atoms with Gasteiger partial charge in [-0.2, -0.15) is 9.97 Å². The molecule has 1 aliphatic heterocycles. The van der Waals surface area contributed by atoms with E-state index in [1.165, 1.54) is 31.9 Å². The number of aliphatic hydroxyl groups is 2. The Morgan fingerprint density at radius 3 is 2.74 bits per heavy atom. The normalized spacial score (nSPS) is 27.6. The Hall–Kier alpha value is -2.06. The van der Waals surface area contributed by atoms with Gasteiger partial charge in [0.1, 0.15) is 23.9 Å². The van der Waals surface area contributed by atoms with E-state index in [1.807, 2.05) is 0 Å². The molecule has 1 saturated heterocycles. The number of nitrogens with two attached hydrogens (primary N) is 1. The number of ether oxygens (including phenoxy) is 3. The quantitative estimate of drug-likeness (QED) is 0.266. The van der Waals surface area contributed by atoms with Crippen LogP contribution in [0.4, 0.5) is 5.95 Å². The number of fused-ring (bicyclic) bond motifs is 1. The molecule has 2 aromatic rings. The second-order valence-corrected chi connectivity index (χ2v) is 11.0. The van der Waals surface area contributed by atoms with Crippen molar-refractivity contribution in [1.82, 2.24) is 24.6 Å². The number of anilines is 1. The second kappa shape index (κ2) is 9.90. The lowest BCUT2D eigenvalue weighted by molar-refractivity contribution is -0.149. The minimum absolute atomic E-state index is 0.0940. The number of rotatable bonds is 9. The van der Waals surface area contributed by atoms with Crippen molar-refractivity contribution in [2.24, 2.45) is 0 Å². The molecule has 0 bridgehead atoms. The van der Waals surface area contributed by atoms with Crippen molar-refractivity contribution < 1.29 is 38.3 Å². The van der Waals surface area contributed by atoms with E-state index in [1.54, 1.807) is 13.8 Å². The standard InChI is InChI=1S/C18H28ClN6O8P/c1-8(2)32-15(27)9(3)24-34(19,29)31-6-10-12(26)18(4,28)16(33-10)25-7-21-11-13(25)22-17(20)23-14(11)30-5/h7-10,12,16,26,28H,6H2,1-5H3,(H,24,29)(H2,20,22,23)/t9-,10?,12+,16?,18+,34?/m0/s1. The van der Waals surface area contributed by atoms with Gasteiger partial charge in [-0.1, -0.05) is 0 Å². The summed E-state index contributed by atoms with van der Waals surface area (Å²) in [5.41, 5.74) is 4.36. The molecule has 0 saturated carbocycles. The first-order valence-corrected chi connectivity index (χ1v) is 12.8. The minimum atomic E-state index is -4.03. The van der Waals surface area contributed by atoms with Crippen molar-refractivity contribution in [3.63, 3.8) is 0 Å². The maximum absolute atomic E-state index is 12.6. The van der Waals surface area contributed by atoms with Crippen molar-refractivity contribution in [1.29, 1.82) is 0 Å². The average molecular weight is 523 g/mol. The van der Waals surface area contributed by atoms with E-state index in [-0.39, 0.29) is 29.1 Å². The Morgan fingerprint density at radius 1 is 1.44 bits per heavy atom. The third-order valence-corrected chi connectivity index (χ3v) is 6.83. The molecule has 2 aromatic heterocycles. The van der Waals surface area contributed by atoms with Gasteiger partial charge in [-0.05, 0) is 38.9 Å². The summed E-state index contributed by atoms with van der Waals surface area (Å²) in [4.78, 5) is 24.2. The van der Waals surface area contributed by atoms with Crippen LogP contribution < -0.4 is 15.6 Å². The summed E-state index contributed by atoms with van der Waals surface area (Å²) in [5, 5.41) is 24.0. The van der Waals surface area contributed by atoms with Gasteiger partial charge in [0, 0.05) is 0 Å². The van der Waals surface area contributed by atoms with Gasteiger partial charge >= 0.3 is 12.8 Å². The number of esters is 1. The fraction of sp³-hybridized carbons (Fsp3) is 0.667. The van der Waals surface area contributed by atoms with E-state index in [9.17, 15) is 19.6 Å². The Morgan fingerprint density at radius 2 is 2.12 bits per heavy atom. The van der Waals surface area contributed by atoms with Crippen LogP contribution in [0.1, 0.15) is 33.9 Å². The maximum Gasteiger partial charge on any atom is 0.361 e. The number of nitrogens with zero attached hydrogens (tertiary/aromatic N) is 4. The number of aliphatic hydroxyl groups excluding tert-OH is 1. The summed E-state index contributed by atoms with van der Waals surface area (Å²) in [6.45, 7) is 1.60. The number of nitrogen functional groups attached to an aromatic ring is 1. The van der Waals surface area contributed by atoms with Crippen LogP contribution in [0.25, 0.3) is 11.2 Å². The molecule has 0 spiro atoms. The monoisotopic (exact) mass is 522 g/mol. The molecule has 3 heterocycles. The molecule has 0 radical (unpaired) electrons. The summed E-state index contributed by atoms with van der Waals surface area (Å²) < 4.78 is 35.2. The molecule has 6 atom stereocenters. The molecule has 0 aromatic carbocycles.